The van der Waals surface area contributed by atoms with Gasteiger partial charge in [-0.25, -0.2) is 8.42 Å². The average molecular weight is 730 g/mol. The molecule has 0 saturated carbocycles. The Balaban J connectivity index is 0.000000281. The molecule has 2 aliphatic rings. The summed E-state index contributed by atoms with van der Waals surface area (Å²) in [6.07, 6.45) is 6.16. The summed E-state index contributed by atoms with van der Waals surface area (Å²) in [6, 6.07) is 36.1. The molecule has 2 aromatic heterocycles. The van der Waals surface area contributed by atoms with Crippen molar-refractivity contribution in [2.45, 2.75) is 48.1 Å². The lowest BCUT2D eigenvalue weighted by molar-refractivity contribution is -0.118. The second-order valence-electron chi connectivity index (χ2n) is 13.4. The fourth-order valence-corrected chi connectivity index (χ4v) is 8.59. The van der Waals surface area contributed by atoms with Crippen LogP contribution in [-0.2, 0) is 32.5 Å². The molecule has 1 amide bonds. The molecule has 1 saturated heterocycles. The molecule has 0 aliphatic carbocycles. The first-order valence-corrected chi connectivity index (χ1v) is 19.2. The molecule has 4 aromatic carbocycles. The number of ether oxygens (including phenoxy) is 1. The third kappa shape index (κ3) is 8.34. The van der Waals surface area contributed by atoms with Crippen molar-refractivity contribution in [3.8, 4) is 0 Å². The van der Waals surface area contributed by atoms with Crippen molar-refractivity contribution in [3.05, 3.63) is 144 Å². The predicted octanol–water partition coefficient (Wildman–Crippen LogP) is 6.90. The van der Waals surface area contributed by atoms with E-state index in [9.17, 15) is 13.2 Å². The average Bonchev–Trinajstić information content (AvgIpc) is 3.81. The smallest absolute Gasteiger partial charge is 0.233 e. The van der Waals surface area contributed by atoms with Gasteiger partial charge in [-0.05, 0) is 72.2 Å². The number of nitrogens with one attached hydrogen (secondary N) is 1. The van der Waals surface area contributed by atoms with Gasteiger partial charge in [0.1, 0.15) is 5.82 Å². The summed E-state index contributed by atoms with van der Waals surface area (Å²) in [5.41, 5.74) is 9.84. The highest BCUT2D eigenvalue weighted by Gasteiger charge is 2.34. The van der Waals surface area contributed by atoms with E-state index < -0.39 is 15.8 Å². The van der Waals surface area contributed by atoms with Crippen LogP contribution in [0.3, 0.4) is 0 Å². The van der Waals surface area contributed by atoms with Crippen molar-refractivity contribution in [1.29, 1.82) is 0 Å². The monoisotopic (exact) mass is 729 g/mol. The van der Waals surface area contributed by atoms with E-state index in [0.717, 1.165) is 30.5 Å². The second-order valence-corrected chi connectivity index (χ2v) is 15.3. The molecule has 6 aromatic rings. The van der Waals surface area contributed by atoms with E-state index in [1.165, 1.54) is 5.56 Å². The molecule has 1 atom stereocenters. The van der Waals surface area contributed by atoms with E-state index in [-0.39, 0.29) is 10.8 Å². The number of aromatic nitrogens is 4. The highest BCUT2D eigenvalue weighted by Crippen LogP contribution is 2.44. The van der Waals surface area contributed by atoms with Gasteiger partial charge in [-0.1, -0.05) is 78.9 Å². The van der Waals surface area contributed by atoms with Crippen LogP contribution in [0.5, 0.6) is 0 Å². The normalized spacial score (nSPS) is 15.4. The van der Waals surface area contributed by atoms with Crippen LogP contribution in [0.1, 0.15) is 41.9 Å². The van der Waals surface area contributed by atoms with Crippen molar-refractivity contribution >= 4 is 38.8 Å². The Morgan fingerprint density at radius 2 is 1.40 bits per heavy atom. The van der Waals surface area contributed by atoms with Crippen LogP contribution >= 0.6 is 0 Å². The highest BCUT2D eigenvalue weighted by molar-refractivity contribution is 7.92. The molecular weight excluding hydrogens is 687 g/mol. The van der Waals surface area contributed by atoms with Gasteiger partial charge in [-0.15, -0.1) is 0 Å². The van der Waals surface area contributed by atoms with E-state index in [0.29, 0.717) is 60.0 Å². The number of sulfone groups is 1. The van der Waals surface area contributed by atoms with Gasteiger partial charge < -0.3 is 20.7 Å². The molecule has 53 heavy (non-hydrogen) atoms. The molecule has 0 radical (unpaired) electrons. The molecule has 272 valence electrons. The predicted molar refractivity (Wildman–Crippen MR) is 206 cm³/mol. The minimum Gasteiger partial charge on any atom is -0.382 e. The first kappa shape index (κ1) is 35.7. The number of hydrogen-bond donors (Lipinski definition) is 2. The minimum atomic E-state index is -3.67. The van der Waals surface area contributed by atoms with Crippen LogP contribution in [-0.4, -0.2) is 54.1 Å². The summed E-state index contributed by atoms with van der Waals surface area (Å²) in [5, 5.41) is 11.7. The zero-order valence-corrected chi connectivity index (χ0v) is 30.4. The van der Waals surface area contributed by atoms with Crippen molar-refractivity contribution < 1.29 is 17.9 Å². The Morgan fingerprint density at radius 1 is 0.792 bits per heavy atom. The van der Waals surface area contributed by atoms with Crippen LogP contribution < -0.4 is 16.0 Å². The fraction of sp³-hybridized carbons (Fsp3) is 0.244. The third-order valence-corrected chi connectivity index (χ3v) is 11.6. The number of carbonyl (C=O) groups is 1. The first-order chi connectivity index (χ1) is 25.7. The highest BCUT2D eigenvalue weighted by atomic mass is 32.2. The summed E-state index contributed by atoms with van der Waals surface area (Å²) >= 11 is 0. The van der Waals surface area contributed by atoms with Gasteiger partial charge in [0, 0.05) is 38.7 Å². The van der Waals surface area contributed by atoms with E-state index in [1.807, 2.05) is 89.7 Å². The fourth-order valence-electron chi connectivity index (χ4n) is 6.90. The Labute approximate surface area is 309 Å². The van der Waals surface area contributed by atoms with Crippen molar-refractivity contribution in [2.75, 3.05) is 36.2 Å². The van der Waals surface area contributed by atoms with Crippen LogP contribution in [0.4, 0.5) is 23.0 Å². The van der Waals surface area contributed by atoms with Crippen molar-refractivity contribution in [3.63, 3.8) is 0 Å². The molecule has 3 N–H and O–H groups in total. The van der Waals surface area contributed by atoms with Gasteiger partial charge in [0.05, 0.1) is 40.2 Å². The van der Waals surface area contributed by atoms with Crippen molar-refractivity contribution in [1.82, 2.24) is 19.6 Å². The first-order valence-electron chi connectivity index (χ1n) is 17.8. The number of para-hydroxylation sites is 1. The quantitative estimate of drug-likeness (QED) is 0.164. The molecule has 8 rings (SSSR count). The van der Waals surface area contributed by atoms with Gasteiger partial charge in [-0.3, -0.25) is 14.2 Å². The topological polar surface area (TPSA) is 137 Å². The standard InChI is InChI=1S/C31H32N4O4S.C10H11N3/c1-34-26-9-5-6-10-28(26)40(37,38)29-12-11-24(20-27(29)34)25(19-22-14-17-39-18-15-22)31(36)32-30-13-16-35(33-30)21-23-7-3-2-4-8-23;11-10-6-7-13(12-10)8-9-4-2-1-3-5-9/h2-13,16,20,22,25H,14-15,17-19,21H2,1H3,(H,32,33,36);1-7H,8H2,(H2,11,12). The number of rotatable bonds is 9. The third-order valence-electron chi connectivity index (χ3n) is 9.71. The van der Waals surface area contributed by atoms with Crippen LogP contribution in [0, 0.1) is 5.92 Å². The summed E-state index contributed by atoms with van der Waals surface area (Å²) < 4.78 is 36.0. The van der Waals surface area contributed by atoms with Gasteiger partial charge in [0.2, 0.25) is 15.7 Å². The van der Waals surface area contributed by atoms with Gasteiger partial charge in [0.15, 0.2) is 5.82 Å². The summed E-state index contributed by atoms with van der Waals surface area (Å²) in [7, 11) is -1.80. The van der Waals surface area contributed by atoms with E-state index in [1.54, 1.807) is 47.1 Å². The maximum atomic E-state index is 13.8. The number of nitrogens with two attached hydrogens (primary N) is 1. The largest absolute Gasteiger partial charge is 0.382 e. The molecular formula is C41H43N7O4S. The molecule has 0 bridgehead atoms. The lowest BCUT2D eigenvalue weighted by atomic mass is 9.84. The Kier molecular flexibility index (Phi) is 10.7. The van der Waals surface area contributed by atoms with Gasteiger partial charge in [-0.2, -0.15) is 10.2 Å². The maximum absolute atomic E-state index is 13.8. The number of nitrogen functional groups attached to an aromatic ring is 1. The Morgan fingerprint density at radius 3 is 2.06 bits per heavy atom. The number of nitrogens with zero attached hydrogens (tertiary/aromatic N) is 5. The zero-order chi connectivity index (χ0) is 36.8. The maximum Gasteiger partial charge on any atom is 0.233 e. The SMILES string of the molecule is CN1c2ccccc2S(=O)(=O)c2ccc(C(CC3CCOCC3)C(=O)Nc3ccn(Cc4ccccc4)n3)cc21.Nc1ccn(Cc2ccccc2)n1. The van der Waals surface area contributed by atoms with Crippen molar-refractivity contribution in [2.24, 2.45) is 5.92 Å². The molecule has 12 heteroatoms. The minimum absolute atomic E-state index is 0.155. The molecule has 2 aliphatic heterocycles. The zero-order valence-electron chi connectivity index (χ0n) is 29.6. The summed E-state index contributed by atoms with van der Waals surface area (Å²) in [4.78, 5) is 16.2. The van der Waals surface area contributed by atoms with E-state index in [4.69, 9.17) is 10.5 Å². The van der Waals surface area contributed by atoms with E-state index in [2.05, 4.69) is 27.6 Å². The molecule has 11 nitrogen and oxygen atoms in total. The lowest BCUT2D eigenvalue weighted by Crippen LogP contribution is -2.27. The number of hydrogen-bond acceptors (Lipinski definition) is 8. The number of benzene rings is 4. The Hall–Kier alpha value is -5.72. The van der Waals surface area contributed by atoms with Crippen LogP contribution in [0.15, 0.2) is 137 Å². The van der Waals surface area contributed by atoms with Crippen LogP contribution in [0.2, 0.25) is 0 Å². The lowest BCUT2D eigenvalue weighted by Gasteiger charge is -2.31. The molecule has 4 heterocycles. The molecule has 1 fully saturated rings. The summed E-state index contributed by atoms with van der Waals surface area (Å²) in [5.74, 6) is 0.762. The summed E-state index contributed by atoms with van der Waals surface area (Å²) in [6.45, 7) is 2.75. The number of carbonyl (C=O) groups excluding carboxylic acids is 1. The second kappa shape index (κ2) is 15.9. The number of fused-ring (bicyclic) bond motifs is 2. The van der Waals surface area contributed by atoms with Crippen LogP contribution in [0.25, 0.3) is 0 Å². The van der Waals surface area contributed by atoms with Gasteiger partial charge >= 0.3 is 0 Å². The number of anilines is 4. The molecule has 0 spiro atoms. The van der Waals surface area contributed by atoms with Gasteiger partial charge in [0.25, 0.3) is 0 Å². The Bertz CT molecular complexity index is 2270. The van der Waals surface area contributed by atoms with E-state index >= 15 is 0 Å². The molecule has 1 unspecified atom stereocenters. The number of amides is 1.